The van der Waals surface area contributed by atoms with Gasteiger partial charge in [0, 0.05) is 23.9 Å². The van der Waals surface area contributed by atoms with Gasteiger partial charge in [-0.1, -0.05) is 26.2 Å². The molecule has 0 atom stereocenters. The van der Waals surface area contributed by atoms with Gasteiger partial charge in [0.1, 0.15) is 0 Å². The number of rotatable bonds is 12. The van der Waals surface area contributed by atoms with Gasteiger partial charge in [-0.05, 0) is 20.3 Å². The van der Waals surface area contributed by atoms with E-state index in [-0.39, 0.29) is 5.88 Å². The summed E-state index contributed by atoms with van der Waals surface area (Å²) in [6.45, 7) is 4.54. The van der Waals surface area contributed by atoms with E-state index in [0.717, 1.165) is 12.8 Å². The molecule has 0 N–H and O–H groups in total. The van der Waals surface area contributed by atoms with Gasteiger partial charge < -0.3 is 9.26 Å². The van der Waals surface area contributed by atoms with Crippen LogP contribution in [0.2, 0.25) is 0 Å². The van der Waals surface area contributed by atoms with Crippen LogP contribution in [0.25, 0.3) is 0 Å². The van der Waals surface area contributed by atoms with Gasteiger partial charge in [0.15, 0.2) is 0 Å². The Kier molecular flexibility index (Phi) is 9.55. The SMILES string of the molecule is CCCCCCOc1ccc(OP(=S)(OCC)OCC)nn1. The van der Waals surface area contributed by atoms with Crippen LogP contribution in [-0.2, 0) is 20.9 Å². The van der Waals surface area contributed by atoms with Crippen LogP contribution in [0.3, 0.4) is 0 Å². The highest BCUT2D eigenvalue weighted by Crippen LogP contribution is 2.49. The zero-order chi connectivity index (χ0) is 16.3. The van der Waals surface area contributed by atoms with Crippen molar-refractivity contribution in [1.82, 2.24) is 10.2 Å². The van der Waals surface area contributed by atoms with Crippen molar-refractivity contribution < 1.29 is 18.3 Å². The maximum absolute atomic E-state index is 5.55. The quantitative estimate of drug-likeness (QED) is 0.416. The number of nitrogens with zero attached hydrogens (tertiary/aromatic N) is 2. The van der Waals surface area contributed by atoms with Crippen LogP contribution in [0.1, 0.15) is 46.5 Å². The lowest BCUT2D eigenvalue weighted by molar-refractivity contribution is 0.215. The first kappa shape index (κ1) is 19.3. The summed E-state index contributed by atoms with van der Waals surface area (Å²) in [5.41, 5.74) is 0. The van der Waals surface area contributed by atoms with E-state index in [1.54, 1.807) is 12.1 Å². The molecule has 22 heavy (non-hydrogen) atoms. The summed E-state index contributed by atoms with van der Waals surface area (Å²) in [4.78, 5) is 0. The highest BCUT2D eigenvalue weighted by atomic mass is 32.5. The minimum atomic E-state index is -2.80. The van der Waals surface area contributed by atoms with E-state index in [9.17, 15) is 0 Å². The Labute approximate surface area is 137 Å². The van der Waals surface area contributed by atoms with Gasteiger partial charge in [-0.25, -0.2) is 0 Å². The predicted molar refractivity (Wildman–Crippen MR) is 89.8 cm³/mol. The standard InChI is InChI=1S/C14H25N2O4PS/c1-4-7-8-9-12-17-13-10-11-14(16-15-13)20-21(22,18-5-2)19-6-3/h10-11H,4-9,12H2,1-3H3. The minimum Gasteiger partial charge on any atom is -0.477 e. The molecule has 0 fully saturated rings. The van der Waals surface area contributed by atoms with Crippen molar-refractivity contribution in [1.29, 1.82) is 0 Å². The third kappa shape index (κ3) is 7.49. The van der Waals surface area contributed by atoms with Crippen LogP contribution < -0.4 is 9.26 Å². The normalized spacial score (nSPS) is 11.4. The summed E-state index contributed by atoms with van der Waals surface area (Å²) in [7, 11) is 0. The lowest BCUT2D eigenvalue weighted by Gasteiger charge is -2.19. The molecule has 1 heterocycles. The second-order valence-electron chi connectivity index (χ2n) is 4.49. The van der Waals surface area contributed by atoms with E-state index in [0.29, 0.717) is 25.7 Å². The van der Waals surface area contributed by atoms with Gasteiger partial charge in [-0.15, -0.1) is 10.2 Å². The average molecular weight is 348 g/mol. The zero-order valence-electron chi connectivity index (χ0n) is 13.5. The van der Waals surface area contributed by atoms with Crippen LogP contribution in [0.15, 0.2) is 12.1 Å². The summed E-state index contributed by atoms with van der Waals surface area (Å²) < 4.78 is 21.8. The van der Waals surface area contributed by atoms with Crippen LogP contribution in [0, 0.1) is 0 Å². The Morgan fingerprint density at radius 3 is 2.14 bits per heavy atom. The van der Waals surface area contributed by atoms with Gasteiger partial charge in [-0.2, -0.15) is 0 Å². The molecular formula is C14H25N2O4PS. The minimum absolute atomic E-state index is 0.281. The molecule has 0 radical (unpaired) electrons. The fourth-order valence-corrected chi connectivity index (χ4v) is 3.66. The Morgan fingerprint density at radius 1 is 0.955 bits per heavy atom. The summed E-state index contributed by atoms with van der Waals surface area (Å²) in [5.74, 6) is 0.758. The highest BCUT2D eigenvalue weighted by molar-refractivity contribution is 8.07. The molecule has 0 aliphatic rings. The van der Waals surface area contributed by atoms with Crippen molar-refractivity contribution in [3.8, 4) is 11.8 Å². The average Bonchev–Trinajstić information content (AvgIpc) is 2.49. The van der Waals surface area contributed by atoms with Crippen molar-refractivity contribution in [3.63, 3.8) is 0 Å². The van der Waals surface area contributed by atoms with Gasteiger partial charge >= 0.3 is 6.72 Å². The molecule has 0 aromatic carbocycles. The van der Waals surface area contributed by atoms with E-state index in [4.69, 9.17) is 30.1 Å². The second kappa shape index (κ2) is 10.9. The smallest absolute Gasteiger partial charge is 0.381 e. The first-order chi connectivity index (χ1) is 10.6. The van der Waals surface area contributed by atoms with E-state index in [2.05, 4.69) is 17.1 Å². The van der Waals surface area contributed by atoms with Gasteiger partial charge in [0.05, 0.1) is 19.8 Å². The molecular weight excluding hydrogens is 323 g/mol. The van der Waals surface area contributed by atoms with Gasteiger partial charge in [0.25, 0.3) is 0 Å². The largest absolute Gasteiger partial charge is 0.477 e. The van der Waals surface area contributed by atoms with Crippen LogP contribution in [0.5, 0.6) is 11.8 Å². The monoisotopic (exact) mass is 348 g/mol. The molecule has 1 aromatic rings. The Morgan fingerprint density at radius 2 is 1.59 bits per heavy atom. The van der Waals surface area contributed by atoms with E-state index in [1.807, 2.05) is 13.8 Å². The van der Waals surface area contributed by atoms with E-state index in [1.165, 1.54) is 12.8 Å². The number of unbranched alkanes of at least 4 members (excludes halogenated alkanes) is 3. The number of hydrogen-bond acceptors (Lipinski definition) is 7. The topological polar surface area (TPSA) is 62.7 Å². The molecule has 6 nitrogen and oxygen atoms in total. The molecule has 0 bridgehead atoms. The fourth-order valence-electron chi connectivity index (χ4n) is 1.66. The summed E-state index contributed by atoms with van der Waals surface area (Å²) in [6.07, 6.45) is 4.61. The molecule has 8 heteroatoms. The molecule has 0 amide bonds. The van der Waals surface area contributed by atoms with E-state index >= 15 is 0 Å². The molecule has 126 valence electrons. The third-order valence-electron chi connectivity index (χ3n) is 2.64. The van der Waals surface area contributed by atoms with Gasteiger partial charge in [0.2, 0.25) is 11.8 Å². The molecule has 1 rings (SSSR count). The predicted octanol–water partition coefficient (Wildman–Crippen LogP) is 4.11. The first-order valence-electron chi connectivity index (χ1n) is 7.68. The molecule has 0 saturated carbocycles. The Hall–Kier alpha value is -0.750. The van der Waals surface area contributed by atoms with Crippen molar-refractivity contribution >= 4 is 18.5 Å². The van der Waals surface area contributed by atoms with Crippen LogP contribution >= 0.6 is 6.72 Å². The van der Waals surface area contributed by atoms with Crippen molar-refractivity contribution in [2.45, 2.75) is 46.5 Å². The number of ether oxygens (including phenoxy) is 1. The Bertz CT molecular complexity index is 449. The summed E-state index contributed by atoms with van der Waals surface area (Å²) in [5, 5.41) is 7.91. The molecule has 1 aromatic heterocycles. The fraction of sp³-hybridized carbons (Fsp3) is 0.714. The molecule has 0 unspecified atom stereocenters. The Balaban J connectivity index is 2.48. The molecule has 0 aliphatic carbocycles. The second-order valence-corrected chi connectivity index (χ2v) is 7.43. The van der Waals surface area contributed by atoms with Crippen molar-refractivity contribution in [2.24, 2.45) is 0 Å². The lowest BCUT2D eigenvalue weighted by atomic mass is 10.2. The molecule has 0 aliphatic heterocycles. The highest BCUT2D eigenvalue weighted by Gasteiger charge is 2.22. The number of hydrogen-bond donors (Lipinski definition) is 0. The molecule has 0 saturated heterocycles. The number of aromatic nitrogens is 2. The van der Waals surface area contributed by atoms with E-state index < -0.39 is 6.72 Å². The zero-order valence-corrected chi connectivity index (χ0v) is 15.2. The van der Waals surface area contributed by atoms with Gasteiger partial charge in [-0.3, -0.25) is 9.05 Å². The summed E-state index contributed by atoms with van der Waals surface area (Å²) >= 11 is 5.27. The summed E-state index contributed by atoms with van der Waals surface area (Å²) in [6, 6.07) is 3.37. The molecule has 0 spiro atoms. The third-order valence-corrected chi connectivity index (χ3v) is 5.06. The van der Waals surface area contributed by atoms with Crippen molar-refractivity contribution in [2.75, 3.05) is 19.8 Å². The lowest BCUT2D eigenvalue weighted by Crippen LogP contribution is -2.04. The van der Waals surface area contributed by atoms with Crippen LogP contribution in [0.4, 0.5) is 0 Å². The first-order valence-corrected chi connectivity index (χ1v) is 10.2. The van der Waals surface area contributed by atoms with Crippen molar-refractivity contribution in [3.05, 3.63) is 12.1 Å². The maximum atomic E-state index is 5.55. The van der Waals surface area contributed by atoms with Crippen LogP contribution in [-0.4, -0.2) is 30.0 Å². The maximum Gasteiger partial charge on any atom is 0.381 e.